The maximum Gasteiger partial charge on any atom is 0.157 e. The minimum Gasteiger partial charge on any atom is -0.457 e. The van der Waals surface area contributed by atoms with Crippen LogP contribution in [0.15, 0.2) is 41.5 Å². The second-order valence-corrected chi connectivity index (χ2v) is 4.68. The summed E-state index contributed by atoms with van der Waals surface area (Å²) >= 11 is 0. The monoisotopic (exact) mass is 270 g/mol. The predicted octanol–water partition coefficient (Wildman–Crippen LogP) is 2.99. The maximum atomic E-state index is 5.83. The SMILES string of the molecule is Cc1cc(N)ccc1Oc1ccnc(N=CN(C)C)c1. The van der Waals surface area contributed by atoms with E-state index in [4.69, 9.17) is 10.5 Å². The Morgan fingerprint density at radius 1 is 1.25 bits per heavy atom. The van der Waals surface area contributed by atoms with Gasteiger partial charge in [-0.05, 0) is 36.8 Å². The Labute approximate surface area is 118 Å². The number of anilines is 1. The van der Waals surface area contributed by atoms with E-state index in [1.54, 1.807) is 24.7 Å². The van der Waals surface area contributed by atoms with E-state index in [0.717, 1.165) is 17.0 Å². The van der Waals surface area contributed by atoms with Crippen molar-refractivity contribution in [2.45, 2.75) is 6.92 Å². The molecule has 0 saturated carbocycles. The van der Waals surface area contributed by atoms with E-state index in [1.165, 1.54) is 0 Å². The molecule has 1 aromatic carbocycles. The molecule has 0 aliphatic rings. The van der Waals surface area contributed by atoms with Crippen molar-refractivity contribution in [2.24, 2.45) is 4.99 Å². The van der Waals surface area contributed by atoms with Gasteiger partial charge in [-0.25, -0.2) is 9.98 Å². The standard InChI is InChI=1S/C15H18N4O/c1-11-8-12(16)4-5-14(11)20-13-6-7-17-15(9-13)18-10-19(2)3/h4-10H,16H2,1-3H3. The minimum atomic E-state index is 0.601. The summed E-state index contributed by atoms with van der Waals surface area (Å²) in [6, 6.07) is 9.13. The highest BCUT2D eigenvalue weighted by atomic mass is 16.5. The molecule has 0 unspecified atom stereocenters. The summed E-state index contributed by atoms with van der Waals surface area (Å²) in [7, 11) is 3.81. The summed E-state index contributed by atoms with van der Waals surface area (Å²) in [5, 5.41) is 0. The Hall–Kier alpha value is -2.56. The molecule has 2 N–H and O–H groups in total. The van der Waals surface area contributed by atoms with Crippen LogP contribution >= 0.6 is 0 Å². The van der Waals surface area contributed by atoms with E-state index in [-0.39, 0.29) is 0 Å². The lowest BCUT2D eigenvalue weighted by molar-refractivity contribution is 0.478. The van der Waals surface area contributed by atoms with E-state index in [2.05, 4.69) is 9.98 Å². The van der Waals surface area contributed by atoms with Crippen molar-refractivity contribution < 1.29 is 4.74 Å². The number of aryl methyl sites for hydroxylation is 1. The highest BCUT2D eigenvalue weighted by Crippen LogP contribution is 2.27. The van der Waals surface area contributed by atoms with Gasteiger partial charge in [-0.3, -0.25) is 0 Å². The Morgan fingerprint density at radius 3 is 2.75 bits per heavy atom. The average Bonchev–Trinajstić information content (AvgIpc) is 2.40. The number of aromatic nitrogens is 1. The van der Waals surface area contributed by atoms with Gasteiger partial charge in [0.1, 0.15) is 11.5 Å². The molecule has 0 fully saturated rings. The van der Waals surface area contributed by atoms with Crippen molar-refractivity contribution >= 4 is 17.8 Å². The third-order valence-electron chi connectivity index (χ3n) is 2.56. The molecule has 2 rings (SSSR count). The van der Waals surface area contributed by atoms with Gasteiger partial charge in [-0.1, -0.05) is 0 Å². The zero-order valence-corrected chi connectivity index (χ0v) is 11.9. The fourth-order valence-electron chi connectivity index (χ4n) is 1.62. The van der Waals surface area contributed by atoms with E-state index < -0.39 is 0 Å². The summed E-state index contributed by atoms with van der Waals surface area (Å²) in [5.74, 6) is 2.07. The van der Waals surface area contributed by atoms with E-state index in [9.17, 15) is 0 Å². The number of pyridine rings is 1. The van der Waals surface area contributed by atoms with Gasteiger partial charge < -0.3 is 15.4 Å². The lowest BCUT2D eigenvalue weighted by atomic mass is 10.2. The molecule has 0 saturated heterocycles. The molecule has 0 atom stereocenters. The van der Waals surface area contributed by atoms with Crippen molar-refractivity contribution in [3.05, 3.63) is 42.1 Å². The first-order chi connectivity index (χ1) is 9.54. The Morgan fingerprint density at radius 2 is 2.05 bits per heavy atom. The number of hydrogen-bond donors (Lipinski definition) is 1. The first-order valence-corrected chi connectivity index (χ1v) is 6.25. The highest BCUT2D eigenvalue weighted by molar-refractivity contribution is 5.59. The summed E-state index contributed by atoms with van der Waals surface area (Å²) in [6.45, 7) is 1.96. The number of nitrogens with zero attached hydrogens (tertiary/aromatic N) is 3. The Bertz CT molecular complexity index is 623. The molecule has 2 aromatic rings. The molecule has 20 heavy (non-hydrogen) atoms. The van der Waals surface area contributed by atoms with E-state index in [1.807, 2.05) is 44.1 Å². The average molecular weight is 270 g/mol. The summed E-state index contributed by atoms with van der Waals surface area (Å²) in [6.07, 6.45) is 3.37. The quantitative estimate of drug-likeness (QED) is 0.527. The van der Waals surface area contributed by atoms with Gasteiger partial charge in [0.25, 0.3) is 0 Å². The predicted molar refractivity (Wildman–Crippen MR) is 81.7 cm³/mol. The van der Waals surface area contributed by atoms with Gasteiger partial charge in [-0.15, -0.1) is 0 Å². The zero-order valence-electron chi connectivity index (χ0n) is 11.9. The second kappa shape index (κ2) is 6.06. The molecule has 0 spiro atoms. The van der Waals surface area contributed by atoms with Crippen LogP contribution in [-0.4, -0.2) is 30.3 Å². The van der Waals surface area contributed by atoms with E-state index >= 15 is 0 Å². The smallest absolute Gasteiger partial charge is 0.157 e. The zero-order chi connectivity index (χ0) is 14.5. The summed E-state index contributed by atoms with van der Waals surface area (Å²) in [5.41, 5.74) is 7.43. The lowest BCUT2D eigenvalue weighted by Crippen LogP contribution is -2.07. The number of hydrogen-bond acceptors (Lipinski definition) is 4. The molecule has 104 valence electrons. The van der Waals surface area contributed by atoms with Crippen molar-refractivity contribution in [2.75, 3.05) is 19.8 Å². The molecular formula is C15H18N4O. The van der Waals surface area contributed by atoms with Crippen LogP contribution in [0.2, 0.25) is 0 Å². The largest absolute Gasteiger partial charge is 0.457 e. The van der Waals surface area contributed by atoms with Crippen molar-refractivity contribution in [3.8, 4) is 11.5 Å². The van der Waals surface area contributed by atoms with Crippen LogP contribution in [0.1, 0.15) is 5.56 Å². The first kappa shape index (κ1) is 13.9. The van der Waals surface area contributed by atoms with Crippen LogP contribution < -0.4 is 10.5 Å². The maximum absolute atomic E-state index is 5.83. The van der Waals surface area contributed by atoms with Crippen LogP contribution in [0, 0.1) is 6.92 Å². The number of benzene rings is 1. The molecule has 5 nitrogen and oxygen atoms in total. The number of nitrogen functional groups attached to an aromatic ring is 1. The highest BCUT2D eigenvalue weighted by Gasteiger charge is 2.03. The van der Waals surface area contributed by atoms with Crippen LogP contribution in [0.5, 0.6) is 11.5 Å². The fraction of sp³-hybridized carbons (Fsp3) is 0.200. The van der Waals surface area contributed by atoms with Gasteiger partial charge in [0.05, 0.1) is 6.34 Å². The molecule has 0 aliphatic heterocycles. The van der Waals surface area contributed by atoms with Gasteiger partial charge in [0.15, 0.2) is 5.82 Å². The number of aliphatic imine (C=N–C) groups is 1. The molecular weight excluding hydrogens is 252 g/mol. The van der Waals surface area contributed by atoms with Gasteiger partial charge >= 0.3 is 0 Å². The van der Waals surface area contributed by atoms with Crippen molar-refractivity contribution in [1.29, 1.82) is 0 Å². The van der Waals surface area contributed by atoms with E-state index in [0.29, 0.717) is 11.6 Å². The Kier molecular flexibility index (Phi) is 4.20. The van der Waals surface area contributed by atoms with Crippen molar-refractivity contribution in [1.82, 2.24) is 9.88 Å². The molecule has 0 bridgehead atoms. The minimum absolute atomic E-state index is 0.601. The first-order valence-electron chi connectivity index (χ1n) is 6.25. The van der Waals surface area contributed by atoms with Crippen LogP contribution in [0.25, 0.3) is 0 Å². The molecule has 0 radical (unpaired) electrons. The molecule has 1 heterocycles. The Balaban J connectivity index is 2.19. The summed E-state index contributed by atoms with van der Waals surface area (Å²) < 4.78 is 5.83. The number of rotatable bonds is 4. The fourth-order valence-corrected chi connectivity index (χ4v) is 1.62. The topological polar surface area (TPSA) is 63.7 Å². The van der Waals surface area contributed by atoms with Crippen LogP contribution in [0.3, 0.4) is 0 Å². The second-order valence-electron chi connectivity index (χ2n) is 4.68. The molecule has 5 heteroatoms. The van der Waals surface area contributed by atoms with Gasteiger partial charge in [0.2, 0.25) is 0 Å². The van der Waals surface area contributed by atoms with Crippen LogP contribution in [-0.2, 0) is 0 Å². The summed E-state index contributed by atoms with van der Waals surface area (Å²) in [4.78, 5) is 10.2. The van der Waals surface area contributed by atoms with Crippen LogP contribution in [0.4, 0.5) is 11.5 Å². The van der Waals surface area contributed by atoms with Gasteiger partial charge in [-0.2, -0.15) is 0 Å². The molecule has 0 aliphatic carbocycles. The lowest BCUT2D eigenvalue weighted by Gasteiger charge is -2.09. The van der Waals surface area contributed by atoms with Crippen molar-refractivity contribution in [3.63, 3.8) is 0 Å². The third kappa shape index (κ3) is 3.71. The molecule has 0 amide bonds. The number of nitrogens with two attached hydrogens (primary N) is 1. The normalized spacial score (nSPS) is 10.8. The van der Waals surface area contributed by atoms with Gasteiger partial charge in [0, 0.05) is 32.0 Å². The number of ether oxygens (including phenoxy) is 1. The molecule has 1 aromatic heterocycles. The third-order valence-corrected chi connectivity index (χ3v) is 2.56.